The van der Waals surface area contributed by atoms with Gasteiger partial charge in [-0.3, -0.25) is 0 Å². The number of benzene rings is 2. The Kier molecular flexibility index (Phi) is 5.56. The van der Waals surface area contributed by atoms with E-state index in [1.807, 2.05) is 12.1 Å². The van der Waals surface area contributed by atoms with Gasteiger partial charge in [0.05, 0.1) is 35.1 Å². The third kappa shape index (κ3) is 3.66. The number of hydrogen-bond donors (Lipinski definition) is 3. The molecule has 4 rings (SSSR count). The second-order valence-electron chi connectivity index (χ2n) is 7.12. The van der Waals surface area contributed by atoms with Crippen molar-refractivity contribution in [2.45, 2.75) is 25.8 Å². The summed E-state index contributed by atoms with van der Waals surface area (Å²) in [4.78, 5) is 23.9. The van der Waals surface area contributed by atoms with E-state index >= 15 is 0 Å². The summed E-state index contributed by atoms with van der Waals surface area (Å²) in [5.74, 6) is 0.402. The minimum Gasteiger partial charge on any atom is -0.465 e. The van der Waals surface area contributed by atoms with Gasteiger partial charge in [-0.2, -0.15) is 0 Å². The number of aromatic nitrogens is 2. The van der Waals surface area contributed by atoms with Crippen LogP contribution in [0, 0.1) is 0 Å². The lowest BCUT2D eigenvalue weighted by atomic mass is 10.1. The molecule has 0 aliphatic carbocycles. The summed E-state index contributed by atoms with van der Waals surface area (Å²) in [6, 6.07) is 11.1. The lowest BCUT2D eigenvalue weighted by molar-refractivity contribution is 0.0601. The SMILES string of the molecule is COC(=O)c1ccc2nc(-c3ccc(N)c(N)c3)c(N3CCC[C@@H]3C)nc2c1.N.[HH]. The molecule has 1 atom stereocenters. The summed E-state index contributed by atoms with van der Waals surface area (Å²) in [6.07, 6.45) is 2.21. The Balaban J connectivity index is 0.00000160. The van der Waals surface area contributed by atoms with Crippen molar-refractivity contribution in [2.75, 3.05) is 30.0 Å². The van der Waals surface area contributed by atoms with Gasteiger partial charge in [0.2, 0.25) is 0 Å². The number of methoxy groups -OCH3 is 1. The van der Waals surface area contributed by atoms with Gasteiger partial charge in [-0.05, 0) is 50.1 Å². The molecule has 29 heavy (non-hydrogen) atoms. The van der Waals surface area contributed by atoms with E-state index in [4.69, 9.17) is 26.2 Å². The Morgan fingerprint density at radius 1 is 1.14 bits per heavy atom. The van der Waals surface area contributed by atoms with Gasteiger partial charge >= 0.3 is 5.97 Å². The fraction of sp³-hybridized carbons (Fsp3) is 0.286. The molecule has 0 unspecified atom stereocenters. The number of carbonyl (C=O) groups excluding carboxylic acids is 1. The number of rotatable bonds is 3. The molecule has 8 heteroatoms. The average molecular weight is 396 g/mol. The first-order valence-electron chi connectivity index (χ1n) is 9.30. The smallest absolute Gasteiger partial charge is 0.337 e. The van der Waals surface area contributed by atoms with Gasteiger partial charge in [-0.1, -0.05) is 6.07 Å². The number of esters is 1. The highest BCUT2D eigenvalue weighted by atomic mass is 16.5. The van der Waals surface area contributed by atoms with Gasteiger partial charge in [0.1, 0.15) is 5.69 Å². The summed E-state index contributed by atoms with van der Waals surface area (Å²) in [5, 5.41) is 0. The van der Waals surface area contributed by atoms with Gasteiger partial charge in [-0.15, -0.1) is 0 Å². The fourth-order valence-corrected chi connectivity index (χ4v) is 3.65. The Morgan fingerprint density at radius 2 is 1.93 bits per heavy atom. The van der Waals surface area contributed by atoms with Crippen LogP contribution in [0.5, 0.6) is 0 Å². The molecular formula is C21H28N6O2. The molecule has 1 aliphatic heterocycles. The van der Waals surface area contributed by atoms with Crippen molar-refractivity contribution in [1.29, 1.82) is 0 Å². The van der Waals surface area contributed by atoms with Gasteiger partial charge in [0.15, 0.2) is 5.82 Å². The molecule has 7 N–H and O–H groups in total. The zero-order valence-electron chi connectivity index (χ0n) is 16.7. The molecule has 3 aromatic rings. The molecule has 1 saturated heterocycles. The summed E-state index contributed by atoms with van der Waals surface area (Å²) in [7, 11) is 1.37. The molecule has 0 bridgehead atoms. The van der Waals surface area contributed by atoms with E-state index in [2.05, 4.69) is 11.8 Å². The number of ether oxygens (including phenoxy) is 1. The maximum absolute atomic E-state index is 11.9. The van der Waals surface area contributed by atoms with Crippen LogP contribution in [0.3, 0.4) is 0 Å². The lowest BCUT2D eigenvalue weighted by Crippen LogP contribution is -2.28. The van der Waals surface area contributed by atoms with Crippen molar-refractivity contribution < 1.29 is 11.0 Å². The quantitative estimate of drug-likeness (QED) is 0.450. The van der Waals surface area contributed by atoms with Crippen LogP contribution in [0.1, 0.15) is 31.6 Å². The van der Waals surface area contributed by atoms with E-state index in [9.17, 15) is 4.79 Å². The minimum atomic E-state index is -0.393. The second kappa shape index (κ2) is 7.92. The van der Waals surface area contributed by atoms with Crippen molar-refractivity contribution >= 4 is 34.2 Å². The number of carbonyl (C=O) groups is 1. The van der Waals surface area contributed by atoms with Crippen LogP contribution >= 0.6 is 0 Å². The highest BCUT2D eigenvalue weighted by molar-refractivity contribution is 5.94. The van der Waals surface area contributed by atoms with E-state index < -0.39 is 5.97 Å². The zero-order valence-corrected chi connectivity index (χ0v) is 16.7. The number of fused-ring (bicyclic) bond motifs is 1. The molecule has 154 valence electrons. The molecule has 1 aliphatic rings. The van der Waals surface area contributed by atoms with E-state index in [0.717, 1.165) is 36.5 Å². The molecule has 0 saturated carbocycles. The highest BCUT2D eigenvalue weighted by Crippen LogP contribution is 2.35. The molecule has 1 aromatic heterocycles. The van der Waals surface area contributed by atoms with Crippen molar-refractivity contribution in [3.63, 3.8) is 0 Å². The van der Waals surface area contributed by atoms with Gasteiger partial charge in [0.25, 0.3) is 0 Å². The first-order chi connectivity index (χ1) is 13.5. The Morgan fingerprint density at radius 3 is 2.59 bits per heavy atom. The predicted octanol–water partition coefficient (Wildman–Crippen LogP) is 3.64. The van der Waals surface area contributed by atoms with Crippen molar-refractivity contribution in [1.82, 2.24) is 16.1 Å². The molecule has 0 spiro atoms. The maximum Gasteiger partial charge on any atom is 0.337 e. The van der Waals surface area contributed by atoms with Crippen LogP contribution in [-0.2, 0) is 4.74 Å². The molecule has 0 radical (unpaired) electrons. The monoisotopic (exact) mass is 396 g/mol. The third-order valence-corrected chi connectivity index (χ3v) is 5.25. The minimum absolute atomic E-state index is 0. The number of nitrogen functional groups attached to an aromatic ring is 2. The number of anilines is 3. The maximum atomic E-state index is 11.9. The van der Waals surface area contributed by atoms with Crippen molar-refractivity contribution in [3.05, 3.63) is 42.0 Å². The second-order valence-corrected chi connectivity index (χ2v) is 7.12. The third-order valence-electron chi connectivity index (χ3n) is 5.25. The summed E-state index contributed by atoms with van der Waals surface area (Å²) in [6.45, 7) is 3.10. The lowest BCUT2D eigenvalue weighted by Gasteiger charge is -2.25. The van der Waals surface area contributed by atoms with E-state index in [1.165, 1.54) is 7.11 Å². The Hall–Kier alpha value is -3.39. The van der Waals surface area contributed by atoms with Crippen LogP contribution in [0.2, 0.25) is 0 Å². The molecule has 0 amide bonds. The van der Waals surface area contributed by atoms with Crippen LogP contribution in [0.15, 0.2) is 36.4 Å². The van der Waals surface area contributed by atoms with E-state index in [1.54, 1.807) is 24.3 Å². The molecule has 1 fully saturated rings. The van der Waals surface area contributed by atoms with E-state index in [0.29, 0.717) is 34.0 Å². The van der Waals surface area contributed by atoms with Crippen LogP contribution < -0.4 is 22.5 Å². The Bertz CT molecular complexity index is 1070. The molecular weight excluding hydrogens is 368 g/mol. The van der Waals surface area contributed by atoms with Gasteiger partial charge in [0, 0.05) is 19.6 Å². The van der Waals surface area contributed by atoms with Crippen molar-refractivity contribution in [3.8, 4) is 11.3 Å². The van der Waals surface area contributed by atoms with Gasteiger partial charge in [-0.25, -0.2) is 14.8 Å². The first kappa shape index (κ1) is 20.3. The predicted molar refractivity (Wildman–Crippen MR) is 118 cm³/mol. The molecule has 2 aromatic carbocycles. The zero-order chi connectivity index (χ0) is 19.8. The standard InChI is InChI=1S/C21H23N5O2.H3N.H2/c1-12-4-3-9-26(12)20-19(13-5-7-15(22)16(23)10-13)24-17-8-6-14(21(27)28-2)11-18(17)25-20;;/h5-8,10-12H,3-4,9,22-23H2,1-2H3;1H3;1H/t12-;;/m0../s1. The van der Waals surface area contributed by atoms with Gasteiger partial charge < -0.3 is 27.3 Å². The topological polar surface area (TPSA) is 142 Å². The highest BCUT2D eigenvalue weighted by Gasteiger charge is 2.26. The number of nitrogens with two attached hydrogens (primary N) is 2. The number of nitrogens with zero attached hydrogens (tertiary/aromatic N) is 3. The first-order valence-corrected chi connectivity index (χ1v) is 9.30. The van der Waals surface area contributed by atoms with E-state index in [-0.39, 0.29) is 7.58 Å². The number of hydrogen-bond acceptors (Lipinski definition) is 8. The molecule has 8 nitrogen and oxygen atoms in total. The normalized spacial score (nSPS) is 15.9. The molecule has 2 heterocycles. The average Bonchev–Trinajstić information content (AvgIpc) is 3.13. The Labute approximate surface area is 170 Å². The summed E-state index contributed by atoms with van der Waals surface area (Å²) < 4.78 is 4.83. The summed E-state index contributed by atoms with van der Waals surface area (Å²) >= 11 is 0. The van der Waals surface area contributed by atoms with Crippen LogP contribution in [-0.4, -0.2) is 35.6 Å². The van der Waals surface area contributed by atoms with Crippen molar-refractivity contribution in [2.24, 2.45) is 0 Å². The summed E-state index contributed by atoms with van der Waals surface area (Å²) in [5.41, 5.74) is 16.4. The van der Waals surface area contributed by atoms with Crippen LogP contribution in [0.25, 0.3) is 22.3 Å². The fourth-order valence-electron chi connectivity index (χ4n) is 3.65. The largest absolute Gasteiger partial charge is 0.465 e. The van der Waals surface area contributed by atoms with Crippen LogP contribution in [0.4, 0.5) is 17.2 Å².